The van der Waals surface area contributed by atoms with E-state index in [1.807, 2.05) is 31.2 Å². The van der Waals surface area contributed by atoms with E-state index in [4.69, 9.17) is 13.9 Å². The van der Waals surface area contributed by atoms with Gasteiger partial charge >= 0.3 is 12.3 Å². The SMILES string of the molecule is Cc1ccc2oc3c(O[C@@H]4C[C@H]5C(=O)N[C@]6(C(=O)NS(=O)(=O)C7CC7)C[C@H]6C=CCCCCC[C@H](NC(=O)OC6CCCC6)C(=O)N5C4)nc(-c4cccc(C(F)(F)F)c4)nc3c2c1. The molecule has 4 fully saturated rings. The summed E-state index contributed by atoms with van der Waals surface area (Å²) in [4.78, 5) is 67.1. The summed E-state index contributed by atoms with van der Waals surface area (Å²) in [6.07, 6.45) is 3.98. The van der Waals surface area contributed by atoms with Crippen molar-refractivity contribution in [1.82, 2.24) is 30.2 Å². The third-order valence-electron chi connectivity index (χ3n) is 12.9. The smallest absolute Gasteiger partial charge is 0.416 e. The van der Waals surface area contributed by atoms with Gasteiger partial charge in [0.1, 0.15) is 40.9 Å². The highest BCUT2D eigenvalue weighted by atomic mass is 32.2. The highest BCUT2D eigenvalue weighted by Gasteiger charge is 2.62. The highest BCUT2D eigenvalue weighted by Crippen LogP contribution is 2.46. The lowest BCUT2D eigenvalue weighted by atomic mass is 10.0. The molecule has 4 amide bonds. The summed E-state index contributed by atoms with van der Waals surface area (Å²) < 4.78 is 88.1. The Hall–Kier alpha value is -5.72. The number of fused-ring (bicyclic) bond motifs is 5. The standard InChI is InChI=1S/C45H49F3N6O9S/c1-25-16-19-35-32(20-25)36-37(63-35)40(51-38(50-36)26-10-9-12-27(21-26)45(46,47)48)61-30-22-34-39(55)52-44(42(57)53-64(59,60)31-17-18-31)23-28(44)11-5-3-2-4-6-15-33(41(56)54(34)24-30)49-43(58)62-29-13-7-8-14-29/h5,9-12,16,19-21,28-31,33-34H,2-4,6-8,13-15,17-18,22-24H2,1H3,(H,49,58)(H,52,55)(H,53,57)/t28-,30-,33+,34+,44-/m1/s1. The van der Waals surface area contributed by atoms with Crippen LogP contribution >= 0.6 is 0 Å². The van der Waals surface area contributed by atoms with Crippen LogP contribution in [0.15, 0.2) is 59.0 Å². The zero-order valence-electron chi connectivity index (χ0n) is 35.1. The van der Waals surface area contributed by atoms with Gasteiger partial charge in [-0.1, -0.05) is 48.8 Å². The number of carbonyl (C=O) groups is 4. The zero-order valence-corrected chi connectivity index (χ0v) is 35.9. The molecule has 0 radical (unpaired) electrons. The van der Waals surface area contributed by atoms with E-state index >= 15 is 0 Å². The third-order valence-corrected chi connectivity index (χ3v) is 14.7. The van der Waals surface area contributed by atoms with E-state index in [2.05, 4.69) is 25.3 Å². The van der Waals surface area contributed by atoms with Crippen molar-refractivity contribution >= 4 is 55.9 Å². The fraction of sp³-hybridized carbons (Fsp3) is 0.511. The molecule has 340 valence electrons. The monoisotopic (exact) mass is 906 g/mol. The number of aryl methyl sites for hydroxylation is 1. The lowest BCUT2D eigenvalue weighted by molar-refractivity contribution is -0.141. The molecular formula is C45H49F3N6O9S. The van der Waals surface area contributed by atoms with Crippen molar-refractivity contribution in [3.63, 3.8) is 0 Å². The largest absolute Gasteiger partial charge is 0.470 e. The van der Waals surface area contributed by atoms with Gasteiger partial charge in [0.2, 0.25) is 27.4 Å². The number of carbonyl (C=O) groups excluding carboxylic acids is 4. The van der Waals surface area contributed by atoms with Crippen molar-refractivity contribution in [2.45, 2.75) is 132 Å². The van der Waals surface area contributed by atoms with Crippen LogP contribution in [0.5, 0.6) is 5.88 Å². The fourth-order valence-electron chi connectivity index (χ4n) is 9.11. The summed E-state index contributed by atoms with van der Waals surface area (Å²) >= 11 is 0. The average Bonchev–Trinajstić information content (AvgIpc) is 4.07. The van der Waals surface area contributed by atoms with Gasteiger partial charge in [0.05, 0.1) is 17.4 Å². The number of alkyl carbamates (subject to hydrolysis) is 1. The van der Waals surface area contributed by atoms with Crippen LogP contribution in [0.3, 0.4) is 0 Å². The van der Waals surface area contributed by atoms with E-state index in [9.17, 15) is 40.8 Å². The quantitative estimate of drug-likeness (QED) is 0.158. The molecule has 15 nitrogen and oxygen atoms in total. The predicted octanol–water partition coefficient (Wildman–Crippen LogP) is 6.76. The highest BCUT2D eigenvalue weighted by molar-refractivity contribution is 7.91. The van der Waals surface area contributed by atoms with Crippen LogP contribution in [-0.2, 0) is 35.3 Å². The Balaban J connectivity index is 1.07. The van der Waals surface area contributed by atoms with Gasteiger partial charge in [0.15, 0.2) is 5.82 Å². The van der Waals surface area contributed by atoms with Gasteiger partial charge in [0, 0.05) is 23.3 Å². The number of hydrogen-bond donors (Lipinski definition) is 3. The van der Waals surface area contributed by atoms with Crippen molar-refractivity contribution in [2.75, 3.05) is 6.54 Å². The molecule has 0 spiro atoms. The molecule has 5 atom stereocenters. The number of nitrogens with zero attached hydrogens (tertiary/aromatic N) is 3. The summed E-state index contributed by atoms with van der Waals surface area (Å²) in [5.41, 5.74) is -0.840. The molecule has 0 bridgehead atoms. The molecule has 3 aliphatic carbocycles. The van der Waals surface area contributed by atoms with Crippen LogP contribution in [0.1, 0.15) is 94.6 Å². The second-order valence-electron chi connectivity index (χ2n) is 17.7. The molecular weight excluding hydrogens is 858 g/mol. The fourth-order valence-corrected chi connectivity index (χ4v) is 10.5. The Morgan fingerprint density at radius 3 is 2.52 bits per heavy atom. The first kappa shape index (κ1) is 43.5. The number of benzene rings is 2. The van der Waals surface area contributed by atoms with Gasteiger partial charge in [-0.15, -0.1) is 0 Å². The summed E-state index contributed by atoms with van der Waals surface area (Å²) in [5.74, 6) is -2.96. The Morgan fingerprint density at radius 1 is 0.969 bits per heavy atom. The molecule has 2 aromatic heterocycles. The lowest BCUT2D eigenvalue weighted by Gasteiger charge is -2.30. The topological polar surface area (TPSA) is 199 Å². The average molecular weight is 907 g/mol. The number of rotatable bonds is 8. The van der Waals surface area contributed by atoms with Gasteiger partial charge in [-0.25, -0.2) is 18.2 Å². The maximum absolute atomic E-state index is 14.8. The van der Waals surface area contributed by atoms with Crippen molar-refractivity contribution in [3.8, 4) is 17.3 Å². The normalized spacial score (nSPS) is 25.8. The van der Waals surface area contributed by atoms with Crippen LogP contribution in [0.4, 0.5) is 18.0 Å². The molecule has 4 aromatic rings. The number of aromatic nitrogens is 2. The molecule has 3 saturated carbocycles. The van der Waals surface area contributed by atoms with Crippen LogP contribution in [0, 0.1) is 12.8 Å². The van der Waals surface area contributed by atoms with Gasteiger partial charge < -0.3 is 29.4 Å². The minimum absolute atomic E-state index is 0.0518. The number of halogens is 3. The lowest BCUT2D eigenvalue weighted by Crippen LogP contribution is -2.58. The molecule has 0 unspecified atom stereocenters. The Morgan fingerprint density at radius 2 is 1.75 bits per heavy atom. The number of allylic oxidation sites excluding steroid dienone is 1. The maximum atomic E-state index is 14.8. The van der Waals surface area contributed by atoms with Crippen molar-refractivity contribution < 1.29 is 54.7 Å². The zero-order chi connectivity index (χ0) is 45.0. The molecule has 9 rings (SSSR count). The number of amides is 4. The molecule has 19 heteroatoms. The summed E-state index contributed by atoms with van der Waals surface area (Å²) in [5, 5.41) is 5.47. The minimum atomic E-state index is -4.65. The van der Waals surface area contributed by atoms with E-state index in [1.54, 1.807) is 6.07 Å². The number of alkyl halides is 3. The van der Waals surface area contributed by atoms with Crippen molar-refractivity contribution in [1.29, 1.82) is 0 Å². The molecule has 1 saturated heterocycles. The molecule has 5 aliphatic rings. The number of nitrogens with one attached hydrogen (secondary N) is 3. The predicted molar refractivity (Wildman–Crippen MR) is 226 cm³/mol. The summed E-state index contributed by atoms with van der Waals surface area (Å²) in [6, 6.07) is 7.53. The van der Waals surface area contributed by atoms with E-state index in [-0.39, 0.29) is 60.3 Å². The van der Waals surface area contributed by atoms with Crippen LogP contribution in [-0.4, -0.2) is 88.7 Å². The van der Waals surface area contributed by atoms with E-state index < -0.39 is 80.5 Å². The van der Waals surface area contributed by atoms with Gasteiger partial charge in [-0.2, -0.15) is 18.2 Å². The Labute approximate surface area is 366 Å². The molecule has 64 heavy (non-hydrogen) atoms. The second-order valence-corrected chi connectivity index (χ2v) is 19.7. The van der Waals surface area contributed by atoms with Crippen LogP contribution < -0.4 is 20.1 Å². The van der Waals surface area contributed by atoms with Crippen LogP contribution in [0.25, 0.3) is 33.5 Å². The summed E-state index contributed by atoms with van der Waals surface area (Å²) in [6.45, 7) is 1.65. The van der Waals surface area contributed by atoms with Crippen molar-refractivity contribution in [3.05, 3.63) is 65.7 Å². The third kappa shape index (κ3) is 8.99. The number of ether oxygens (including phenoxy) is 2. The van der Waals surface area contributed by atoms with E-state index in [0.29, 0.717) is 55.9 Å². The first-order valence-electron chi connectivity index (χ1n) is 22.0. The second kappa shape index (κ2) is 17.0. The van der Waals surface area contributed by atoms with Gasteiger partial charge in [-0.3, -0.25) is 19.1 Å². The Bertz CT molecular complexity index is 2640. The maximum Gasteiger partial charge on any atom is 0.416 e. The van der Waals surface area contributed by atoms with Gasteiger partial charge in [-0.05, 0) is 95.4 Å². The molecule has 3 N–H and O–H groups in total. The Kier molecular flexibility index (Phi) is 11.6. The first-order valence-corrected chi connectivity index (χ1v) is 23.5. The van der Waals surface area contributed by atoms with Gasteiger partial charge in [0.25, 0.3) is 11.8 Å². The van der Waals surface area contributed by atoms with E-state index in [1.165, 1.54) is 17.0 Å². The van der Waals surface area contributed by atoms with E-state index in [0.717, 1.165) is 37.0 Å². The first-order chi connectivity index (χ1) is 30.6. The molecule has 2 aliphatic heterocycles. The molecule has 2 aromatic carbocycles. The van der Waals surface area contributed by atoms with Crippen LogP contribution in [0.2, 0.25) is 0 Å². The summed E-state index contributed by atoms with van der Waals surface area (Å²) in [7, 11) is -3.98. The molecule has 4 heterocycles. The number of hydrogen-bond acceptors (Lipinski definition) is 11. The number of sulfonamides is 1. The number of furan rings is 1. The van der Waals surface area contributed by atoms with Crippen molar-refractivity contribution in [2.24, 2.45) is 5.92 Å². The minimum Gasteiger partial charge on any atom is -0.470 e.